The summed E-state index contributed by atoms with van der Waals surface area (Å²) in [5.41, 5.74) is 0.935. The first kappa shape index (κ1) is 16.6. The molecule has 0 radical (unpaired) electrons. The van der Waals surface area contributed by atoms with E-state index >= 15 is 0 Å². The van der Waals surface area contributed by atoms with Crippen molar-refractivity contribution in [1.82, 2.24) is 5.32 Å². The van der Waals surface area contributed by atoms with Crippen LogP contribution in [0.5, 0.6) is 0 Å². The van der Waals surface area contributed by atoms with Crippen LogP contribution in [0.15, 0.2) is 18.2 Å². The van der Waals surface area contributed by atoms with Gasteiger partial charge in [0.05, 0.1) is 5.02 Å². The Balaban J connectivity index is 2.03. The topological polar surface area (TPSA) is 12.0 Å². The molecule has 0 heterocycles. The number of hydrogen-bond donors (Lipinski definition) is 1. The third-order valence-corrected chi connectivity index (χ3v) is 4.53. The van der Waals surface area contributed by atoms with Crippen molar-refractivity contribution in [3.8, 4) is 0 Å². The first-order chi connectivity index (χ1) is 9.91. The van der Waals surface area contributed by atoms with Gasteiger partial charge in [-0.15, -0.1) is 0 Å². The van der Waals surface area contributed by atoms with Gasteiger partial charge in [0.1, 0.15) is 5.82 Å². The van der Waals surface area contributed by atoms with E-state index in [0.29, 0.717) is 19.3 Å². The molecule has 1 unspecified atom stereocenters. The highest BCUT2D eigenvalue weighted by Gasteiger charge is 2.37. The molecule has 1 atom stereocenters. The maximum Gasteiger partial charge on any atom is 0.248 e. The molecule has 1 aromatic carbocycles. The molecular weight excluding hydrogens is 299 g/mol. The van der Waals surface area contributed by atoms with E-state index in [-0.39, 0.29) is 29.8 Å². The fraction of sp³-hybridized carbons (Fsp3) is 0.625. The third kappa shape index (κ3) is 4.62. The maximum atomic E-state index is 13.3. The smallest absolute Gasteiger partial charge is 0.248 e. The molecule has 1 saturated carbocycles. The van der Waals surface area contributed by atoms with E-state index in [1.807, 2.05) is 6.92 Å². The molecule has 0 aromatic heterocycles. The molecule has 2 rings (SSSR count). The van der Waals surface area contributed by atoms with Crippen LogP contribution in [0.25, 0.3) is 0 Å². The second-order valence-electron chi connectivity index (χ2n) is 5.81. The lowest BCUT2D eigenvalue weighted by atomic mass is 9.80. The number of hydrogen-bond acceptors (Lipinski definition) is 1. The standard InChI is InChI=1S/C16H21ClF3N/c1-2-21-15(12-5-7-16(19,20)8-6-12)10-11-3-4-14(18)13(17)9-11/h3-4,9,12,15,21H,2,5-8,10H2,1H3. The van der Waals surface area contributed by atoms with Gasteiger partial charge in [0, 0.05) is 18.9 Å². The molecule has 0 spiro atoms. The largest absolute Gasteiger partial charge is 0.314 e. The van der Waals surface area contributed by atoms with Crippen LogP contribution in [-0.2, 0) is 6.42 Å². The van der Waals surface area contributed by atoms with Crippen LogP contribution in [0.2, 0.25) is 5.02 Å². The number of benzene rings is 1. The van der Waals surface area contributed by atoms with E-state index in [9.17, 15) is 13.2 Å². The normalized spacial score (nSPS) is 20.4. The van der Waals surface area contributed by atoms with Crippen molar-refractivity contribution in [2.45, 2.75) is 51.0 Å². The molecule has 0 amide bonds. The SMILES string of the molecule is CCNC(Cc1ccc(F)c(Cl)c1)C1CCC(F)(F)CC1. The van der Waals surface area contributed by atoms with Crippen LogP contribution in [0.3, 0.4) is 0 Å². The Morgan fingerprint density at radius 2 is 2.00 bits per heavy atom. The molecule has 21 heavy (non-hydrogen) atoms. The molecule has 1 aliphatic carbocycles. The van der Waals surface area contributed by atoms with Gasteiger partial charge in [-0.1, -0.05) is 24.6 Å². The molecular formula is C16H21ClF3N. The van der Waals surface area contributed by atoms with Crippen LogP contribution in [0.1, 0.15) is 38.2 Å². The lowest BCUT2D eigenvalue weighted by molar-refractivity contribution is -0.0494. The highest BCUT2D eigenvalue weighted by atomic mass is 35.5. The first-order valence-corrected chi connectivity index (χ1v) is 7.84. The Hall–Kier alpha value is -0.740. The molecule has 0 saturated heterocycles. The van der Waals surface area contributed by atoms with Crippen molar-refractivity contribution in [2.75, 3.05) is 6.54 Å². The quantitative estimate of drug-likeness (QED) is 0.820. The lowest BCUT2D eigenvalue weighted by Crippen LogP contribution is -2.41. The summed E-state index contributed by atoms with van der Waals surface area (Å²) in [5, 5.41) is 3.49. The minimum atomic E-state index is -2.51. The van der Waals surface area contributed by atoms with E-state index in [1.54, 1.807) is 12.1 Å². The summed E-state index contributed by atoms with van der Waals surface area (Å²) in [6.07, 6.45) is 1.66. The Morgan fingerprint density at radius 3 is 2.57 bits per heavy atom. The minimum Gasteiger partial charge on any atom is -0.314 e. The monoisotopic (exact) mass is 319 g/mol. The zero-order chi connectivity index (χ0) is 15.5. The molecule has 0 bridgehead atoms. The number of rotatable bonds is 5. The summed E-state index contributed by atoms with van der Waals surface area (Å²) in [6.45, 7) is 2.79. The molecule has 5 heteroatoms. The number of likely N-dealkylation sites (N-methyl/N-ethyl adjacent to an activating group) is 1. The summed E-state index contributed by atoms with van der Waals surface area (Å²) in [7, 11) is 0. The highest BCUT2D eigenvalue weighted by molar-refractivity contribution is 6.30. The Kier molecular flexibility index (Phi) is 5.55. The highest BCUT2D eigenvalue weighted by Crippen LogP contribution is 2.38. The predicted molar refractivity (Wildman–Crippen MR) is 79.5 cm³/mol. The second-order valence-corrected chi connectivity index (χ2v) is 6.22. The van der Waals surface area contributed by atoms with Gasteiger partial charge in [-0.3, -0.25) is 0 Å². The van der Waals surface area contributed by atoms with E-state index in [1.165, 1.54) is 6.07 Å². The van der Waals surface area contributed by atoms with Crippen molar-refractivity contribution in [3.05, 3.63) is 34.6 Å². The van der Waals surface area contributed by atoms with Gasteiger partial charge >= 0.3 is 0 Å². The summed E-state index contributed by atoms with van der Waals surface area (Å²) in [6, 6.07) is 4.82. The van der Waals surface area contributed by atoms with Gasteiger partial charge in [0.2, 0.25) is 5.92 Å². The number of alkyl halides is 2. The molecule has 0 aliphatic heterocycles. The summed E-state index contributed by atoms with van der Waals surface area (Å²) in [4.78, 5) is 0. The van der Waals surface area contributed by atoms with Gasteiger partial charge < -0.3 is 5.32 Å². The van der Waals surface area contributed by atoms with E-state index in [0.717, 1.165) is 12.1 Å². The zero-order valence-corrected chi connectivity index (χ0v) is 12.9. The molecule has 118 valence electrons. The minimum absolute atomic E-state index is 0.0380. The van der Waals surface area contributed by atoms with E-state index in [2.05, 4.69) is 5.32 Å². The fourth-order valence-electron chi connectivity index (χ4n) is 3.05. The molecule has 1 nitrogen and oxygen atoms in total. The van der Waals surface area contributed by atoms with Gasteiger partial charge in [-0.25, -0.2) is 13.2 Å². The summed E-state index contributed by atoms with van der Waals surface area (Å²) < 4.78 is 39.7. The predicted octanol–water partition coefficient (Wildman–Crippen LogP) is 4.83. The summed E-state index contributed by atoms with van der Waals surface area (Å²) >= 11 is 5.80. The molecule has 1 fully saturated rings. The van der Waals surface area contributed by atoms with Crippen LogP contribution in [0.4, 0.5) is 13.2 Å². The first-order valence-electron chi connectivity index (χ1n) is 7.46. The molecule has 1 aliphatic rings. The van der Waals surface area contributed by atoms with Gasteiger partial charge in [-0.05, 0) is 49.4 Å². The van der Waals surface area contributed by atoms with Gasteiger partial charge in [-0.2, -0.15) is 0 Å². The summed E-state index contributed by atoms with van der Waals surface area (Å²) in [5.74, 6) is -2.71. The van der Waals surface area contributed by atoms with Gasteiger partial charge in [0.15, 0.2) is 0 Å². The van der Waals surface area contributed by atoms with Gasteiger partial charge in [0.25, 0.3) is 0 Å². The average Bonchev–Trinajstić information content (AvgIpc) is 2.42. The number of halogens is 4. The zero-order valence-electron chi connectivity index (χ0n) is 12.1. The Labute approximate surface area is 128 Å². The van der Waals surface area contributed by atoms with Crippen LogP contribution in [0, 0.1) is 11.7 Å². The van der Waals surface area contributed by atoms with Crippen LogP contribution >= 0.6 is 11.6 Å². The average molecular weight is 320 g/mol. The van der Waals surface area contributed by atoms with Crippen molar-refractivity contribution in [1.29, 1.82) is 0 Å². The third-order valence-electron chi connectivity index (χ3n) is 4.24. The van der Waals surface area contributed by atoms with Crippen molar-refractivity contribution in [2.24, 2.45) is 5.92 Å². The van der Waals surface area contributed by atoms with Crippen molar-refractivity contribution in [3.63, 3.8) is 0 Å². The van der Waals surface area contributed by atoms with Crippen LogP contribution < -0.4 is 5.32 Å². The molecule has 1 N–H and O–H groups in total. The van der Waals surface area contributed by atoms with Crippen molar-refractivity contribution >= 4 is 11.6 Å². The van der Waals surface area contributed by atoms with Crippen molar-refractivity contribution < 1.29 is 13.2 Å². The second kappa shape index (κ2) is 7.01. The Morgan fingerprint density at radius 1 is 1.33 bits per heavy atom. The van der Waals surface area contributed by atoms with Crippen LogP contribution in [-0.4, -0.2) is 18.5 Å². The number of nitrogens with one attached hydrogen (secondary N) is 1. The maximum absolute atomic E-state index is 13.3. The van der Waals surface area contributed by atoms with E-state index < -0.39 is 11.7 Å². The molecule has 1 aromatic rings. The fourth-order valence-corrected chi connectivity index (χ4v) is 3.26. The Bertz CT molecular complexity index is 469. The van der Waals surface area contributed by atoms with E-state index in [4.69, 9.17) is 11.6 Å². The lowest BCUT2D eigenvalue weighted by Gasteiger charge is -2.34.